The largest absolute Gasteiger partial charge is 0.459 e. The first-order valence-corrected chi connectivity index (χ1v) is 9.13. The van der Waals surface area contributed by atoms with Gasteiger partial charge >= 0.3 is 0 Å². The van der Waals surface area contributed by atoms with E-state index in [0.717, 1.165) is 37.6 Å². The number of hydrogen-bond acceptors (Lipinski definition) is 6. The highest BCUT2D eigenvalue weighted by atomic mass is 32.1. The summed E-state index contributed by atoms with van der Waals surface area (Å²) in [5.74, 6) is 0.368. The van der Waals surface area contributed by atoms with Gasteiger partial charge in [-0.05, 0) is 25.1 Å². The fraction of sp³-hybridized carbons (Fsp3) is 0.529. The van der Waals surface area contributed by atoms with Crippen LogP contribution in [0.2, 0.25) is 0 Å². The van der Waals surface area contributed by atoms with Crippen LogP contribution in [-0.2, 0) is 11.3 Å². The number of nitrogens with zero attached hydrogens (tertiary/aromatic N) is 3. The number of likely N-dealkylation sites (tertiary alicyclic amines) is 1. The Hall–Kier alpha value is -1.70. The van der Waals surface area contributed by atoms with Crippen molar-refractivity contribution in [3.63, 3.8) is 0 Å². The van der Waals surface area contributed by atoms with E-state index < -0.39 is 0 Å². The van der Waals surface area contributed by atoms with Crippen LogP contribution in [0.4, 0.5) is 0 Å². The first-order chi connectivity index (χ1) is 11.7. The molecule has 0 saturated carbocycles. The van der Waals surface area contributed by atoms with Gasteiger partial charge in [0.1, 0.15) is 5.01 Å². The van der Waals surface area contributed by atoms with E-state index in [4.69, 9.17) is 9.15 Å². The summed E-state index contributed by atoms with van der Waals surface area (Å²) in [6.07, 6.45) is 4.44. The number of aromatic nitrogens is 1. The number of carbonyl (C=O) groups excluding carboxylic acids is 1. The zero-order valence-corrected chi connectivity index (χ0v) is 14.3. The summed E-state index contributed by atoms with van der Waals surface area (Å²) in [6.45, 7) is 5.48. The van der Waals surface area contributed by atoms with Gasteiger partial charge in [0.2, 0.25) is 0 Å². The maximum Gasteiger partial charge on any atom is 0.289 e. The number of rotatable bonds is 3. The van der Waals surface area contributed by atoms with Crippen LogP contribution in [0.5, 0.6) is 0 Å². The quantitative estimate of drug-likeness (QED) is 0.851. The molecule has 1 spiro atoms. The standard InChI is InChI=1S/C17H21N3O3S/c21-16(14-2-1-7-23-14)20-6-8-22-13-17(12-20)3-5-19(11-17)10-15-18-4-9-24-15/h1-2,4,7,9H,3,5-6,8,10-13H2. The molecule has 7 heteroatoms. The summed E-state index contributed by atoms with van der Waals surface area (Å²) < 4.78 is 11.1. The Morgan fingerprint density at radius 1 is 1.38 bits per heavy atom. The Morgan fingerprint density at radius 2 is 2.33 bits per heavy atom. The molecule has 0 radical (unpaired) electrons. The molecular formula is C17H21N3O3S. The summed E-state index contributed by atoms with van der Waals surface area (Å²) in [6, 6.07) is 3.48. The van der Waals surface area contributed by atoms with Gasteiger partial charge in [0.25, 0.3) is 5.91 Å². The van der Waals surface area contributed by atoms with Crippen molar-refractivity contribution in [3.8, 4) is 0 Å². The van der Waals surface area contributed by atoms with E-state index in [1.165, 1.54) is 0 Å². The Kier molecular flexibility index (Phi) is 4.39. The second kappa shape index (κ2) is 6.66. The predicted molar refractivity (Wildman–Crippen MR) is 89.9 cm³/mol. The monoisotopic (exact) mass is 347 g/mol. The zero-order chi connectivity index (χ0) is 16.4. The Labute approximate surface area is 145 Å². The number of hydrogen-bond donors (Lipinski definition) is 0. The molecule has 4 rings (SSSR count). The summed E-state index contributed by atoms with van der Waals surface area (Å²) in [7, 11) is 0. The topological polar surface area (TPSA) is 58.8 Å². The number of amides is 1. The number of furan rings is 1. The van der Waals surface area contributed by atoms with Crippen molar-refractivity contribution in [2.24, 2.45) is 5.41 Å². The summed E-state index contributed by atoms with van der Waals surface area (Å²) in [4.78, 5) is 21.3. The Bertz CT molecular complexity index is 673. The van der Waals surface area contributed by atoms with E-state index in [2.05, 4.69) is 9.88 Å². The smallest absolute Gasteiger partial charge is 0.289 e. The first kappa shape index (κ1) is 15.8. The van der Waals surface area contributed by atoms with Crippen LogP contribution in [0.25, 0.3) is 0 Å². The molecular weight excluding hydrogens is 326 g/mol. The van der Waals surface area contributed by atoms with Gasteiger partial charge in [0, 0.05) is 36.6 Å². The summed E-state index contributed by atoms with van der Waals surface area (Å²) in [5, 5.41) is 3.16. The molecule has 2 aliphatic rings. The Morgan fingerprint density at radius 3 is 3.12 bits per heavy atom. The second-order valence-corrected chi connectivity index (χ2v) is 7.62. The number of carbonyl (C=O) groups is 1. The van der Waals surface area contributed by atoms with Crippen LogP contribution < -0.4 is 0 Å². The molecule has 2 aromatic heterocycles. The fourth-order valence-corrected chi connectivity index (χ4v) is 4.31. The lowest BCUT2D eigenvalue weighted by Crippen LogP contribution is -2.43. The van der Waals surface area contributed by atoms with Gasteiger partial charge in [-0.25, -0.2) is 4.98 Å². The van der Waals surface area contributed by atoms with Crippen LogP contribution >= 0.6 is 11.3 Å². The SMILES string of the molecule is O=C(c1ccco1)N1CCOCC2(CCN(Cc3nccs3)C2)C1. The second-order valence-electron chi connectivity index (χ2n) is 6.64. The fourth-order valence-electron chi connectivity index (χ4n) is 3.65. The summed E-state index contributed by atoms with van der Waals surface area (Å²) >= 11 is 1.69. The lowest BCUT2D eigenvalue weighted by Gasteiger charge is -2.31. The highest BCUT2D eigenvalue weighted by Crippen LogP contribution is 2.34. The third-order valence-corrected chi connectivity index (χ3v) is 5.58. The van der Waals surface area contributed by atoms with Gasteiger partial charge in [0.05, 0.1) is 26.0 Å². The molecule has 1 atom stereocenters. The highest BCUT2D eigenvalue weighted by molar-refractivity contribution is 7.09. The molecule has 1 unspecified atom stereocenters. The maximum atomic E-state index is 12.6. The molecule has 0 aliphatic carbocycles. The van der Waals surface area contributed by atoms with E-state index in [-0.39, 0.29) is 11.3 Å². The predicted octanol–water partition coefficient (Wildman–Crippen LogP) is 2.10. The van der Waals surface area contributed by atoms with Crippen LogP contribution in [0.1, 0.15) is 22.0 Å². The molecule has 2 saturated heterocycles. The van der Waals surface area contributed by atoms with E-state index in [1.807, 2.05) is 16.5 Å². The summed E-state index contributed by atoms with van der Waals surface area (Å²) in [5.41, 5.74) is 0.00993. The van der Waals surface area contributed by atoms with Gasteiger partial charge in [-0.1, -0.05) is 0 Å². The minimum absolute atomic E-state index is 0.00993. The molecule has 6 nitrogen and oxygen atoms in total. The molecule has 2 aromatic rings. The average molecular weight is 347 g/mol. The normalized spacial score (nSPS) is 25.2. The van der Waals surface area contributed by atoms with Crippen molar-refractivity contribution in [2.45, 2.75) is 13.0 Å². The average Bonchev–Trinajstić information content (AvgIpc) is 3.30. The molecule has 0 bridgehead atoms. The number of ether oxygens (including phenoxy) is 1. The van der Waals surface area contributed by atoms with Crippen molar-refractivity contribution >= 4 is 17.2 Å². The minimum atomic E-state index is -0.0387. The maximum absolute atomic E-state index is 12.6. The first-order valence-electron chi connectivity index (χ1n) is 8.25. The van der Waals surface area contributed by atoms with Crippen LogP contribution in [0, 0.1) is 5.41 Å². The minimum Gasteiger partial charge on any atom is -0.459 e. The van der Waals surface area contributed by atoms with Gasteiger partial charge in [-0.3, -0.25) is 9.69 Å². The number of thiazole rings is 1. The van der Waals surface area contributed by atoms with E-state index in [9.17, 15) is 4.79 Å². The van der Waals surface area contributed by atoms with Crippen LogP contribution in [0.15, 0.2) is 34.4 Å². The molecule has 0 N–H and O–H groups in total. The van der Waals surface area contributed by atoms with Crippen molar-refractivity contribution < 1.29 is 13.9 Å². The lowest BCUT2D eigenvalue weighted by molar-refractivity contribution is 0.0625. The van der Waals surface area contributed by atoms with Crippen molar-refractivity contribution in [3.05, 3.63) is 40.7 Å². The third kappa shape index (κ3) is 3.24. The van der Waals surface area contributed by atoms with E-state index >= 15 is 0 Å². The van der Waals surface area contributed by atoms with E-state index in [1.54, 1.807) is 29.7 Å². The van der Waals surface area contributed by atoms with Crippen molar-refractivity contribution in [2.75, 3.05) is 39.4 Å². The van der Waals surface area contributed by atoms with Gasteiger partial charge in [-0.15, -0.1) is 11.3 Å². The molecule has 2 aliphatic heterocycles. The van der Waals surface area contributed by atoms with Crippen molar-refractivity contribution in [1.29, 1.82) is 0 Å². The van der Waals surface area contributed by atoms with Gasteiger partial charge in [0.15, 0.2) is 5.76 Å². The lowest BCUT2D eigenvalue weighted by atomic mass is 9.87. The van der Waals surface area contributed by atoms with Gasteiger partial charge in [-0.2, -0.15) is 0 Å². The van der Waals surface area contributed by atoms with Crippen molar-refractivity contribution in [1.82, 2.24) is 14.8 Å². The zero-order valence-electron chi connectivity index (χ0n) is 13.5. The Balaban J connectivity index is 1.45. The van der Waals surface area contributed by atoms with Gasteiger partial charge < -0.3 is 14.1 Å². The molecule has 0 aromatic carbocycles. The molecule has 4 heterocycles. The van der Waals surface area contributed by atoms with Crippen LogP contribution in [0.3, 0.4) is 0 Å². The molecule has 128 valence electrons. The molecule has 24 heavy (non-hydrogen) atoms. The molecule has 1 amide bonds. The van der Waals surface area contributed by atoms with E-state index in [0.29, 0.717) is 25.5 Å². The molecule has 2 fully saturated rings. The highest BCUT2D eigenvalue weighted by Gasteiger charge is 2.42. The van der Waals surface area contributed by atoms with Crippen LogP contribution in [-0.4, -0.2) is 60.1 Å². The third-order valence-electron chi connectivity index (χ3n) is 4.82.